The molecule has 3 rings (SSSR count). The van der Waals surface area contributed by atoms with Gasteiger partial charge in [0.25, 0.3) is 17.5 Å². The average molecular weight is 451 g/mol. The van der Waals surface area contributed by atoms with Gasteiger partial charge in [-0.25, -0.2) is 9.69 Å². The predicted molar refractivity (Wildman–Crippen MR) is 108 cm³/mol. The van der Waals surface area contributed by atoms with Crippen LogP contribution in [-0.2, 0) is 4.79 Å². The molecule has 0 unspecified atom stereocenters. The minimum Gasteiger partial charge on any atom is -0.493 e. The molecule has 32 heavy (non-hydrogen) atoms. The number of anilines is 1. The van der Waals surface area contributed by atoms with Crippen molar-refractivity contribution in [3.05, 3.63) is 53.1 Å². The molecule has 1 aliphatic rings. The summed E-state index contributed by atoms with van der Waals surface area (Å²) in [5.74, 6) is -2.58. The van der Waals surface area contributed by atoms with E-state index >= 15 is 0 Å². The summed E-state index contributed by atoms with van der Waals surface area (Å²) < 4.78 is 52.4. The van der Waals surface area contributed by atoms with E-state index in [1.54, 1.807) is 30.5 Å². The van der Waals surface area contributed by atoms with Crippen LogP contribution in [0.2, 0.25) is 0 Å². The lowest BCUT2D eigenvalue weighted by molar-refractivity contribution is -0.197. The Balaban J connectivity index is 2.01. The lowest BCUT2D eigenvalue weighted by atomic mass is 10.1. The van der Waals surface area contributed by atoms with Gasteiger partial charge in [0.2, 0.25) is 0 Å². The lowest BCUT2D eigenvalue weighted by Gasteiger charge is -2.30. The number of halogens is 3. The van der Waals surface area contributed by atoms with Crippen LogP contribution >= 0.6 is 0 Å². The van der Waals surface area contributed by atoms with Gasteiger partial charge < -0.3 is 14.8 Å². The standard InChI is InChI=1S/C21H20F3N3O5/c1-11-5-7-14(9-12(11)2)27-18(29)20(21(22,23)24,26-19(27)30)25-17(28)13-6-8-15(31-3)16(10-13)32-4/h5-10H,1-4H3,(H,25,28)(H,26,30)/t20-/m0/s1. The van der Waals surface area contributed by atoms with E-state index in [9.17, 15) is 27.6 Å². The largest absolute Gasteiger partial charge is 0.493 e. The van der Waals surface area contributed by atoms with Gasteiger partial charge in [0, 0.05) is 5.56 Å². The molecule has 2 N–H and O–H groups in total. The molecule has 0 spiro atoms. The number of carbonyl (C=O) groups excluding carboxylic acids is 3. The number of amides is 4. The summed E-state index contributed by atoms with van der Waals surface area (Å²) >= 11 is 0. The number of nitrogens with zero attached hydrogens (tertiary/aromatic N) is 1. The highest BCUT2D eigenvalue weighted by molar-refractivity contribution is 6.24. The highest BCUT2D eigenvalue weighted by Crippen LogP contribution is 2.37. The molecular formula is C21H20F3N3O5. The molecule has 1 fully saturated rings. The Kier molecular flexibility index (Phi) is 5.77. The maximum atomic E-state index is 14.1. The number of methoxy groups -OCH3 is 2. The molecule has 11 heteroatoms. The maximum Gasteiger partial charge on any atom is 0.440 e. The summed E-state index contributed by atoms with van der Waals surface area (Å²) in [6.07, 6.45) is -5.33. The Labute approximate surface area is 181 Å². The Morgan fingerprint density at radius 3 is 2.22 bits per heavy atom. The zero-order chi connectivity index (χ0) is 23.8. The number of nitrogens with one attached hydrogen (secondary N) is 2. The van der Waals surface area contributed by atoms with E-state index in [0.29, 0.717) is 10.5 Å². The van der Waals surface area contributed by atoms with Crippen molar-refractivity contribution in [2.24, 2.45) is 0 Å². The molecule has 0 aromatic heterocycles. The molecule has 1 heterocycles. The van der Waals surface area contributed by atoms with E-state index in [1.807, 2.05) is 0 Å². The first-order valence-corrected chi connectivity index (χ1v) is 9.30. The van der Waals surface area contributed by atoms with E-state index in [1.165, 1.54) is 38.5 Å². The molecule has 1 saturated heterocycles. The summed E-state index contributed by atoms with van der Waals surface area (Å²) in [5.41, 5.74) is -2.45. The average Bonchev–Trinajstić information content (AvgIpc) is 2.99. The van der Waals surface area contributed by atoms with Gasteiger partial charge in [0.1, 0.15) is 0 Å². The maximum absolute atomic E-state index is 14.1. The zero-order valence-electron chi connectivity index (χ0n) is 17.6. The van der Waals surface area contributed by atoms with Crippen LogP contribution in [0.1, 0.15) is 21.5 Å². The van der Waals surface area contributed by atoms with Crippen LogP contribution in [0.5, 0.6) is 11.5 Å². The third-order valence-electron chi connectivity index (χ3n) is 5.14. The van der Waals surface area contributed by atoms with Crippen molar-refractivity contribution >= 4 is 23.5 Å². The van der Waals surface area contributed by atoms with Crippen LogP contribution in [0, 0.1) is 13.8 Å². The summed E-state index contributed by atoms with van der Waals surface area (Å²) in [6.45, 7) is 3.46. The fraction of sp³-hybridized carbons (Fsp3) is 0.286. The van der Waals surface area contributed by atoms with Crippen LogP contribution in [0.4, 0.5) is 23.7 Å². The first-order chi connectivity index (χ1) is 14.9. The van der Waals surface area contributed by atoms with Crippen LogP contribution in [0.15, 0.2) is 36.4 Å². The predicted octanol–water partition coefficient (Wildman–Crippen LogP) is 3.07. The molecule has 4 amide bonds. The molecular weight excluding hydrogens is 431 g/mol. The van der Waals surface area contributed by atoms with Gasteiger partial charge in [-0.15, -0.1) is 0 Å². The first-order valence-electron chi connectivity index (χ1n) is 9.30. The second-order valence-electron chi connectivity index (χ2n) is 7.11. The number of urea groups is 1. The summed E-state index contributed by atoms with van der Waals surface area (Å²) in [6, 6.07) is 6.69. The fourth-order valence-corrected chi connectivity index (χ4v) is 3.20. The molecule has 0 bridgehead atoms. The zero-order valence-corrected chi connectivity index (χ0v) is 17.6. The molecule has 0 aliphatic carbocycles. The molecule has 2 aromatic rings. The van der Waals surface area contributed by atoms with Gasteiger partial charge >= 0.3 is 12.2 Å². The van der Waals surface area contributed by atoms with Crippen molar-refractivity contribution in [3.8, 4) is 11.5 Å². The van der Waals surface area contributed by atoms with E-state index in [4.69, 9.17) is 9.47 Å². The first kappa shape index (κ1) is 22.9. The summed E-state index contributed by atoms with van der Waals surface area (Å²) in [4.78, 5) is 38.4. The van der Waals surface area contributed by atoms with Gasteiger partial charge in [-0.2, -0.15) is 13.2 Å². The number of alkyl halides is 3. The molecule has 2 aromatic carbocycles. The molecule has 0 radical (unpaired) electrons. The summed E-state index contributed by atoms with van der Waals surface area (Å²) in [5, 5.41) is 3.28. The Morgan fingerprint density at radius 1 is 1.00 bits per heavy atom. The van der Waals surface area contributed by atoms with Crippen LogP contribution in [-0.4, -0.2) is 43.9 Å². The van der Waals surface area contributed by atoms with Gasteiger partial charge in [-0.1, -0.05) is 6.07 Å². The Hall–Kier alpha value is -3.76. The number of hydrogen-bond donors (Lipinski definition) is 2. The van der Waals surface area contributed by atoms with Gasteiger partial charge in [0.05, 0.1) is 19.9 Å². The van der Waals surface area contributed by atoms with Crippen molar-refractivity contribution in [1.29, 1.82) is 0 Å². The Morgan fingerprint density at radius 2 is 1.66 bits per heavy atom. The van der Waals surface area contributed by atoms with Crippen molar-refractivity contribution < 1.29 is 37.0 Å². The quantitative estimate of drug-likeness (QED) is 0.682. The van der Waals surface area contributed by atoms with E-state index < -0.39 is 29.7 Å². The van der Waals surface area contributed by atoms with E-state index in [2.05, 4.69) is 0 Å². The fourth-order valence-electron chi connectivity index (χ4n) is 3.20. The van der Waals surface area contributed by atoms with Gasteiger partial charge in [0.15, 0.2) is 11.5 Å². The van der Waals surface area contributed by atoms with Crippen molar-refractivity contribution in [2.75, 3.05) is 19.1 Å². The number of imide groups is 1. The topological polar surface area (TPSA) is 97.0 Å². The highest BCUT2D eigenvalue weighted by Gasteiger charge is 2.69. The molecule has 1 atom stereocenters. The van der Waals surface area contributed by atoms with Gasteiger partial charge in [-0.3, -0.25) is 14.9 Å². The number of rotatable bonds is 5. The normalized spacial score (nSPS) is 18.4. The number of benzene rings is 2. The minimum absolute atomic E-state index is 0.0536. The number of hydrogen-bond acceptors (Lipinski definition) is 5. The molecule has 170 valence electrons. The van der Waals surface area contributed by atoms with Crippen LogP contribution < -0.4 is 25.0 Å². The second-order valence-corrected chi connectivity index (χ2v) is 7.11. The van der Waals surface area contributed by atoms with E-state index in [0.717, 1.165) is 11.6 Å². The van der Waals surface area contributed by atoms with Crippen LogP contribution in [0.25, 0.3) is 0 Å². The highest BCUT2D eigenvalue weighted by atomic mass is 19.4. The van der Waals surface area contributed by atoms with Crippen molar-refractivity contribution in [2.45, 2.75) is 25.7 Å². The monoisotopic (exact) mass is 451 g/mol. The summed E-state index contributed by atoms with van der Waals surface area (Å²) in [7, 11) is 2.64. The second kappa shape index (κ2) is 8.06. The minimum atomic E-state index is -5.33. The smallest absolute Gasteiger partial charge is 0.440 e. The van der Waals surface area contributed by atoms with Gasteiger partial charge in [-0.05, 0) is 55.3 Å². The number of carbonyl (C=O) groups is 3. The van der Waals surface area contributed by atoms with Crippen molar-refractivity contribution in [1.82, 2.24) is 10.6 Å². The third kappa shape index (κ3) is 3.70. The molecule has 1 aliphatic heterocycles. The molecule has 8 nitrogen and oxygen atoms in total. The van der Waals surface area contributed by atoms with Crippen LogP contribution in [0.3, 0.4) is 0 Å². The Bertz CT molecular complexity index is 1100. The SMILES string of the molecule is COc1ccc(C(=O)N[C@]2(C(F)(F)F)NC(=O)N(c3ccc(C)c(C)c3)C2=O)cc1OC. The van der Waals surface area contributed by atoms with E-state index in [-0.39, 0.29) is 22.7 Å². The number of ether oxygens (including phenoxy) is 2. The lowest BCUT2D eigenvalue weighted by Crippen LogP contribution is -2.69. The third-order valence-corrected chi connectivity index (χ3v) is 5.14. The number of aryl methyl sites for hydroxylation is 2. The van der Waals surface area contributed by atoms with Crippen molar-refractivity contribution in [3.63, 3.8) is 0 Å². The molecule has 0 saturated carbocycles.